The molecule has 1 aliphatic rings. The lowest BCUT2D eigenvalue weighted by molar-refractivity contribution is -0.146. The van der Waals surface area contributed by atoms with Crippen LogP contribution in [0.4, 0.5) is 0 Å². The average molecular weight is 702 g/mol. The molecule has 0 aliphatic carbocycles. The zero-order chi connectivity index (χ0) is 37.7. The van der Waals surface area contributed by atoms with E-state index in [1.54, 1.807) is 33.0 Å². The first-order chi connectivity index (χ1) is 23.6. The van der Waals surface area contributed by atoms with Crippen molar-refractivity contribution in [2.75, 3.05) is 27.7 Å². The van der Waals surface area contributed by atoms with Gasteiger partial charge in [0.2, 0.25) is 23.6 Å². The fourth-order valence-corrected chi connectivity index (χ4v) is 7.05. The van der Waals surface area contributed by atoms with Gasteiger partial charge in [-0.1, -0.05) is 85.2 Å². The van der Waals surface area contributed by atoms with Crippen molar-refractivity contribution in [2.45, 2.75) is 123 Å². The van der Waals surface area contributed by atoms with Crippen LogP contribution in [0.3, 0.4) is 0 Å². The SMILES string of the molecule is CC[C@H](C)[C@@H]([C@@H](CC(=O)N1CCC[C@H]1C[C@@H](C)C(=O)N[C@@H](Cc1ccccc1)C(=O)O)OC)N(C)C(=O)[C@@H](NC(=O)[C@@H](NC)C(C)C)C(C)C. The van der Waals surface area contributed by atoms with Crippen molar-refractivity contribution >= 4 is 29.6 Å². The molecule has 0 aromatic heterocycles. The normalized spacial score (nSPS) is 18.9. The molecule has 8 atom stereocenters. The largest absolute Gasteiger partial charge is 0.480 e. The second kappa shape index (κ2) is 20.4. The number of aliphatic carboxylic acids is 1. The van der Waals surface area contributed by atoms with E-state index in [4.69, 9.17) is 4.74 Å². The maximum atomic E-state index is 14.0. The van der Waals surface area contributed by atoms with Crippen molar-refractivity contribution in [3.05, 3.63) is 35.9 Å². The number of carboxylic acid groups (broad SMARTS) is 1. The number of hydrogen-bond acceptors (Lipinski definition) is 7. The Bertz CT molecular complexity index is 1260. The highest BCUT2D eigenvalue weighted by atomic mass is 16.5. The highest BCUT2D eigenvalue weighted by Gasteiger charge is 2.40. The first kappa shape index (κ1) is 42.7. The lowest BCUT2D eigenvalue weighted by Gasteiger charge is -2.40. The van der Waals surface area contributed by atoms with Gasteiger partial charge in [-0.25, -0.2) is 4.79 Å². The van der Waals surface area contributed by atoms with Crippen LogP contribution in [0.25, 0.3) is 0 Å². The Labute approximate surface area is 299 Å². The summed E-state index contributed by atoms with van der Waals surface area (Å²) in [6.07, 6.45) is 2.29. The lowest BCUT2D eigenvalue weighted by Crippen LogP contribution is -2.59. The summed E-state index contributed by atoms with van der Waals surface area (Å²) in [7, 11) is 5.00. The molecule has 1 heterocycles. The van der Waals surface area contributed by atoms with Crippen molar-refractivity contribution in [1.29, 1.82) is 0 Å². The summed E-state index contributed by atoms with van der Waals surface area (Å²) in [5.41, 5.74) is 0.814. The van der Waals surface area contributed by atoms with Crippen LogP contribution in [-0.2, 0) is 35.1 Å². The van der Waals surface area contributed by atoms with Gasteiger partial charge in [-0.15, -0.1) is 0 Å². The van der Waals surface area contributed by atoms with Gasteiger partial charge in [-0.05, 0) is 49.6 Å². The molecular formula is C38H63N5O7. The van der Waals surface area contributed by atoms with Gasteiger partial charge in [0.1, 0.15) is 12.1 Å². The van der Waals surface area contributed by atoms with Crippen LogP contribution in [0, 0.1) is 23.7 Å². The third kappa shape index (κ3) is 11.8. The average Bonchev–Trinajstić information content (AvgIpc) is 3.54. The minimum Gasteiger partial charge on any atom is -0.480 e. The number of carboxylic acids is 1. The molecule has 1 fully saturated rings. The smallest absolute Gasteiger partial charge is 0.326 e. The fourth-order valence-electron chi connectivity index (χ4n) is 7.05. The summed E-state index contributed by atoms with van der Waals surface area (Å²) in [6.45, 7) is 14.1. The van der Waals surface area contributed by atoms with Crippen LogP contribution in [-0.4, -0.2) is 109 Å². The van der Waals surface area contributed by atoms with Gasteiger partial charge in [0, 0.05) is 39.1 Å². The highest BCUT2D eigenvalue weighted by Crippen LogP contribution is 2.28. The van der Waals surface area contributed by atoms with Gasteiger partial charge in [0.05, 0.1) is 24.6 Å². The zero-order valence-corrected chi connectivity index (χ0v) is 31.9. The quantitative estimate of drug-likeness (QED) is 0.161. The lowest BCUT2D eigenvalue weighted by atomic mass is 9.89. The number of methoxy groups -OCH3 is 1. The van der Waals surface area contributed by atoms with Crippen LogP contribution in [0.1, 0.15) is 86.1 Å². The van der Waals surface area contributed by atoms with Crippen LogP contribution in [0.5, 0.6) is 0 Å². The second-order valence-electron chi connectivity index (χ2n) is 14.7. The topological polar surface area (TPSA) is 157 Å². The molecule has 1 saturated heterocycles. The number of benzene rings is 1. The summed E-state index contributed by atoms with van der Waals surface area (Å²) in [5.74, 6) is -2.72. The van der Waals surface area contributed by atoms with Crippen molar-refractivity contribution in [2.24, 2.45) is 23.7 Å². The fraction of sp³-hybridized carbons (Fsp3) is 0.711. The highest BCUT2D eigenvalue weighted by molar-refractivity contribution is 5.90. The predicted octanol–water partition coefficient (Wildman–Crippen LogP) is 3.48. The molecule has 0 spiro atoms. The van der Waals surface area contributed by atoms with Crippen molar-refractivity contribution in [3.8, 4) is 0 Å². The number of nitrogens with one attached hydrogen (secondary N) is 3. The Balaban J connectivity index is 2.17. The van der Waals surface area contributed by atoms with E-state index in [2.05, 4.69) is 16.0 Å². The number of ether oxygens (including phenoxy) is 1. The molecular weight excluding hydrogens is 638 g/mol. The Morgan fingerprint density at radius 1 is 0.960 bits per heavy atom. The predicted molar refractivity (Wildman–Crippen MR) is 194 cm³/mol. The van der Waals surface area contributed by atoms with Gasteiger partial charge >= 0.3 is 5.97 Å². The molecule has 0 radical (unpaired) electrons. The second-order valence-corrected chi connectivity index (χ2v) is 14.7. The number of hydrogen-bond donors (Lipinski definition) is 4. The van der Waals surface area contributed by atoms with E-state index in [0.29, 0.717) is 13.0 Å². The van der Waals surface area contributed by atoms with Gasteiger partial charge < -0.3 is 35.6 Å². The number of amides is 4. The van der Waals surface area contributed by atoms with Crippen molar-refractivity contribution < 1.29 is 33.8 Å². The van der Waals surface area contributed by atoms with Crippen LogP contribution in [0.15, 0.2) is 30.3 Å². The van der Waals surface area contributed by atoms with Gasteiger partial charge in [-0.3, -0.25) is 19.2 Å². The Morgan fingerprint density at radius 3 is 2.10 bits per heavy atom. The minimum absolute atomic E-state index is 0.0119. The molecule has 282 valence electrons. The molecule has 1 aromatic rings. The standard InChI is InChI=1S/C38H63N5O7/c1-11-25(6)34(42(9)37(47)33(24(4)5)41-36(46)32(39-8)23(2)3)30(50-10)22-31(44)43-19-15-18-28(43)20-26(7)35(45)40-29(38(48)49)21-27-16-13-12-14-17-27/h12-14,16-17,23-26,28-30,32-34,39H,11,15,18-22H2,1-10H3,(H,40,45)(H,41,46)(H,48,49)/t25-,26+,28-,29-,30+,32-,33-,34-/m0/s1. The first-order valence-electron chi connectivity index (χ1n) is 18.2. The molecule has 1 aromatic carbocycles. The minimum atomic E-state index is -1.10. The van der Waals surface area contributed by atoms with Gasteiger partial charge in [0.25, 0.3) is 0 Å². The molecule has 1 aliphatic heterocycles. The van der Waals surface area contributed by atoms with Crippen LogP contribution < -0.4 is 16.0 Å². The molecule has 12 nitrogen and oxygen atoms in total. The summed E-state index contributed by atoms with van der Waals surface area (Å²) >= 11 is 0. The first-order valence-corrected chi connectivity index (χ1v) is 18.2. The van der Waals surface area contributed by atoms with E-state index in [-0.39, 0.29) is 60.3 Å². The zero-order valence-electron chi connectivity index (χ0n) is 31.9. The van der Waals surface area contributed by atoms with E-state index in [1.165, 1.54) is 0 Å². The van der Waals surface area contributed by atoms with Crippen molar-refractivity contribution in [1.82, 2.24) is 25.8 Å². The molecule has 0 bridgehead atoms. The summed E-state index contributed by atoms with van der Waals surface area (Å²) in [5, 5.41) is 18.5. The van der Waals surface area contributed by atoms with Crippen LogP contribution >= 0.6 is 0 Å². The molecule has 50 heavy (non-hydrogen) atoms. The van der Waals surface area contributed by atoms with E-state index >= 15 is 0 Å². The molecule has 0 saturated carbocycles. The number of nitrogens with zero attached hydrogens (tertiary/aromatic N) is 2. The summed E-state index contributed by atoms with van der Waals surface area (Å²) < 4.78 is 5.96. The Hall–Kier alpha value is -3.51. The Kier molecular flexibility index (Phi) is 17.4. The number of likely N-dealkylation sites (tertiary alicyclic amines) is 1. The molecule has 2 rings (SSSR count). The molecule has 4 N–H and O–H groups in total. The summed E-state index contributed by atoms with van der Waals surface area (Å²) in [6, 6.07) is 6.29. The van der Waals surface area contributed by atoms with Gasteiger partial charge in [-0.2, -0.15) is 0 Å². The Morgan fingerprint density at radius 2 is 1.58 bits per heavy atom. The molecule has 4 amide bonds. The molecule has 0 unspecified atom stereocenters. The van der Waals surface area contributed by atoms with E-state index in [9.17, 15) is 29.1 Å². The third-order valence-electron chi connectivity index (χ3n) is 10.2. The maximum Gasteiger partial charge on any atom is 0.326 e. The van der Waals surface area contributed by atoms with Gasteiger partial charge in [0.15, 0.2) is 0 Å². The summed E-state index contributed by atoms with van der Waals surface area (Å²) in [4.78, 5) is 69.7. The number of carbonyl (C=O) groups excluding carboxylic acids is 4. The van der Waals surface area contributed by atoms with Crippen LogP contribution in [0.2, 0.25) is 0 Å². The third-order valence-corrected chi connectivity index (χ3v) is 10.2. The van der Waals surface area contributed by atoms with Crippen molar-refractivity contribution in [3.63, 3.8) is 0 Å². The number of rotatable bonds is 20. The number of likely N-dealkylation sites (N-methyl/N-ethyl adjacent to an activating group) is 2. The monoisotopic (exact) mass is 701 g/mol. The van der Waals surface area contributed by atoms with E-state index in [0.717, 1.165) is 24.8 Å². The van der Waals surface area contributed by atoms with E-state index < -0.39 is 42.2 Å². The molecule has 12 heteroatoms. The van der Waals surface area contributed by atoms with E-state index in [1.807, 2.05) is 76.8 Å². The number of carbonyl (C=O) groups is 5. The maximum absolute atomic E-state index is 14.0.